The first-order valence-corrected chi connectivity index (χ1v) is 8.94. The summed E-state index contributed by atoms with van der Waals surface area (Å²) in [6.45, 7) is 5.03. The molecule has 3 N–H and O–H groups in total. The van der Waals surface area contributed by atoms with Crippen molar-refractivity contribution < 1.29 is 9.59 Å². The van der Waals surface area contributed by atoms with Crippen molar-refractivity contribution in [2.75, 3.05) is 23.7 Å². The number of hydrogen-bond acceptors (Lipinski definition) is 3. The van der Waals surface area contributed by atoms with Crippen molar-refractivity contribution in [1.82, 2.24) is 5.32 Å². The molecular formula is C21H25N3O2. The Morgan fingerprint density at radius 1 is 1.19 bits per heavy atom. The van der Waals surface area contributed by atoms with Gasteiger partial charge >= 0.3 is 0 Å². The fourth-order valence-electron chi connectivity index (χ4n) is 3.30. The Bertz CT molecular complexity index is 815. The molecule has 2 aromatic rings. The van der Waals surface area contributed by atoms with Crippen LogP contribution in [0.3, 0.4) is 0 Å². The molecule has 1 heterocycles. The first-order valence-electron chi connectivity index (χ1n) is 8.94. The summed E-state index contributed by atoms with van der Waals surface area (Å²) in [4.78, 5) is 26.6. The fraction of sp³-hybridized carbons (Fsp3) is 0.333. The Labute approximate surface area is 154 Å². The monoisotopic (exact) mass is 351 g/mol. The second kappa shape index (κ2) is 7.60. The molecule has 0 spiro atoms. The molecule has 0 saturated carbocycles. The van der Waals surface area contributed by atoms with Crippen LogP contribution in [0.1, 0.15) is 23.1 Å². The van der Waals surface area contributed by atoms with Crippen molar-refractivity contribution in [3.63, 3.8) is 0 Å². The zero-order valence-corrected chi connectivity index (χ0v) is 15.3. The predicted molar refractivity (Wildman–Crippen MR) is 104 cm³/mol. The van der Waals surface area contributed by atoms with E-state index in [9.17, 15) is 9.59 Å². The van der Waals surface area contributed by atoms with Crippen LogP contribution in [0, 0.1) is 19.8 Å². The molecule has 1 fully saturated rings. The lowest BCUT2D eigenvalue weighted by molar-refractivity contribution is -0.126. The van der Waals surface area contributed by atoms with Gasteiger partial charge in [0.25, 0.3) is 0 Å². The maximum absolute atomic E-state index is 12.5. The van der Waals surface area contributed by atoms with Gasteiger partial charge in [-0.3, -0.25) is 9.59 Å². The van der Waals surface area contributed by atoms with Gasteiger partial charge in [-0.2, -0.15) is 0 Å². The lowest BCUT2D eigenvalue weighted by Crippen LogP contribution is -2.34. The normalized spacial score (nSPS) is 16.8. The van der Waals surface area contributed by atoms with E-state index in [1.165, 1.54) is 0 Å². The zero-order chi connectivity index (χ0) is 18.7. The van der Waals surface area contributed by atoms with E-state index in [1.54, 1.807) is 4.90 Å². The lowest BCUT2D eigenvalue weighted by Gasteiger charge is -2.20. The van der Waals surface area contributed by atoms with E-state index in [-0.39, 0.29) is 24.2 Å². The maximum atomic E-state index is 12.5. The summed E-state index contributed by atoms with van der Waals surface area (Å²) < 4.78 is 0. The Hall–Kier alpha value is -2.82. The van der Waals surface area contributed by atoms with Crippen LogP contribution in [0.25, 0.3) is 0 Å². The summed E-state index contributed by atoms with van der Waals surface area (Å²) in [7, 11) is 0. The van der Waals surface area contributed by atoms with E-state index in [1.807, 2.05) is 56.3 Å². The molecule has 3 rings (SSSR count). The van der Waals surface area contributed by atoms with Gasteiger partial charge in [-0.05, 0) is 55.2 Å². The number of rotatable bonds is 5. The largest absolute Gasteiger partial charge is 0.399 e. The smallest absolute Gasteiger partial charge is 0.227 e. The summed E-state index contributed by atoms with van der Waals surface area (Å²) in [5, 5.41) is 2.96. The number of nitrogens with zero attached hydrogens (tertiary/aromatic N) is 1. The van der Waals surface area contributed by atoms with Gasteiger partial charge in [0, 0.05) is 30.9 Å². The summed E-state index contributed by atoms with van der Waals surface area (Å²) in [5.41, 5.74) is 10.7. The van der Waals surface area contributed by atoms with Gasteiger partial charge in [-0.15, -0.1) is 0 Å². The average Bonchev–Trinajstić information content (AvgIpc) is 3.01. The number of hydrogen-bond donors (Lipinski definition) is 2. The van der Waals surface area contributed by atoms with Crippen LogP contribution >= 0.6 is 0 Å². The molecule has 2 amide bonds. The van der Waals surface area contributed by atoms with Gasteiger partial charge < -0.3 is 16.0 Å². The van der Waals surface area contributed by atoms with Gasteiger partial charge in [-0.25, -0.2) is 0 Å². The highest BCUT2D eigenvalue weighted by molar-refractivity contribution is 6.00. The Balaban J connectivity index is 1.57. The second-order valence-electron chi connectivity index (χ2n) is 6.91. The van der Waals surface area contributed by atoms with Gasteiger partial charge in [0.2, 0.25) is 11.8 Å². The van der Waals surface area contributed by atoms with E-state index in [4.69, 9.17) is 5.73 Å². The topological polar surface area (TPSA) is 75.4 Å². The summed E-state index contributed by atoms with van der Waals surface area (Å²) in [6, 6.07) is 13.6. The van der Waals surface area contributed by atoms with Gasteiger partial charge in [0.1, 0.15) is 0 Å². The highest BCUT2D eigenvalue weighted by Gasteiger charge is 2.35. The Kier molecular flexibility index (Phi) is 5.26. The molecule has 136 valence electrons. The van der Waals surface area contributed by atoms with E-state index in [0.717, 1.165) is 34.5 Å². The number of nitrogen functional groups attached to an aromatic ring is 1. The van der Waals surface area contributed by atoms with Gasteiger partial charge in [0.05, 0.1) is 5.92 Å². The second-order valence-corrected chi connectivity index (χ2v) is 6.91. The van der Waals surface area contributed by atoms with E-state index in [2.05, 4.69) is 5.32 Å². The number of nitrogens with two attached hydrogens (primary N) is 1. The van der Waals surface area contributed by atoms with E-state index < -0.39 is 0 Å². The van der Waals surface area contributed by atoms with Crippen molar-refractivity contribution >= 4 is 23.2 Å². The lowest BCUT2D eigenvalue weighted by atomic mass is 10.1. The fourth-order valence-corrected chi connectivity index (χ4v) is 3.30. The van der Waals surface area contributed by atoms with Gasteiger partial charge in [-0.1, -0.05) is 24.3 Å². The Morgan fingerprint density at radius 2 is 1.92 bits per heavy atom. The van der Waals surface area contributed by atoms with Crippen LogP contribution in [-0.4, -0.2) is 24.9 Å². The first kappa shape index (κ1) is 18.0. The quantitative estimate of drug-likeness (QED) is 0.813. The van der Waals surface area contributed by atoms with E-state index >= 15 is 0 Å². The van der Waals surface area contributed by atoms with Crippen LogP contribution in [0.5, 0.6) is 0 Å². The molecule has 0 radical (unpaired) electrons. The standard InChI is InChI=1S/C21H25N3O2/c1-14-4-3-5-19(15(14)2)24-13-17(12-20(24)25)21(26)23-11-10-16-6-8-18(22)9-7-16/h3-9,17H,10-13,22H2,1-2H3,(H,23,26). The average molecular weight is 351 g/mol. The van der Waals surface area contributed by atoms with Crippen molar-refractivity contribution in [2.24, 2.45) is 5.92 Å². The molecule has 2 aromatic carbocycles. The van der Waals surface area contributed by atoms with Crippen molar-refractivity contribution in [2.45, 2.75) is 26.7 Å². The van der Waals surface area contributed by atoms with Crippen LogP contribution in [0.2, 0.25) is 0 Å². The minimum absolute atomic E-state index is 0.0115. The molecule has 5 nitrogen and oxygen atoms in total. The molecule has 0 bridgehead atoms. The molecule has 1 unspecified atom stereocenters. The van der Waals surface area contributed by atoms with Crippen molar-refractivity contribution in [1.29, 1.82) is 0 Å². The summed E-state index contributed by atoms with van der Waals surface area (Å²) in [6.07, 6.45) is 1.01. The number of aryl methyl sites for hydroxylation is 1. The highest BCUT2D eigenvalue weighted by atomic mass is 16.2. The molecule has 5 heteroatoms. The summed E-state index contributed by atoms with van der Waals surface area (Å²) in [5.74, 6) is -0.340. The zero-order valence-electron chi connectivity index (χ0n) is 15.3. The number of amides is 2. The first-order chi connectivity index (χ1) is 12.5. The highest BCUT2D eigenvalue weighted by Crippen LogP contribution is 2.29. The predicted octanol–water partition coefficient (Wildman–Crippen LogP) is 2.60. The van der Waals surface area contributed by atoms with Crippen molar-refractivity contribution in [3.05, 3.63) is 59.2 Å². The SMILES string of the molecule is Cc1cccc(N2CC(C(=O)NCCc3ccc(N)cc3)CC2=O)c1C. The third-order valence-electron chi connectivity index (χ3n) is 5.06. The Morgan fingerprint density at radius 3 is 2.65 bits per heavy atom. The molecule has 1 aliphatic heterocycles. The van der Waals surface area contributed by atoms with Crippen molar-refractivity contribution in [3.8, 4) is 0 Å². The third kappa shape index (κ3) is 3.87. The number of anilines is 2. The molecule has 1 aliphatic rings. The van der Waals surface area contributed by atoms with Crippen LogP contribution in [-0.2, 0) is 16.0 Å². The number of carbonyl (C=O) groups excluding carboxylic acids is 2. The minimum Gasteiger partial charge on any atom is -0.399 e. The maximum Gasteiger partial charge on any atom is 0.227 e. The summed E-state index contributed by atoms with van der Waals surface area (Å²) >= 11 is 0. The van der Waals surface area contributed by atoms with Crippen LogP contribution in [0.15, 0.2) is 42.5 Å². The molecule has 1 atom stereocenters. The van der Waals surface area contributed by atoms with E-state index in [0.29, 0.717) is 13.1 Å². The van der Waals surface area contributed by atoms with Gasteiger partial charge in [0.15, 0.2) is 0 Å². The third-order valence-corrected chi connectivity index (χ3v) is 5.06. The molecule has 1 saturated heterocycles. The molecule has 26 heavy (non-hydrogen) atoms. The molecular weight excluding hydrogens is 326 g/mol. The van der Waals surface area contributed by atoms with Crippen LogP contribution < -0.4 is 16.0 Å². The molecule has 0 aliphatic carbocycles. The number of nitrogens with one attached hydrogen (secondary N) is 1. The van der Waals surface area contributed by atoms with Crippen LogP contribution in [0.4, 0.5) is 11.4 Å². The number of carbonyl (C=O) groups is 2. The minimum atomic E-state index is -0.297. The number of benzene rings is 2. The molecule has 0 aromatic heterocycles.